The van der Waals surface area contributed by atoms with Crippen LogP contribution in [0.1, 0.15) is 35.9 Å². The first-order valence-corrected chi connectivity index (χ1v) is 7.54. The van der Waals surface area contributed by atoms with Gasteiger partial charge in [0.05, 0.1) is 10.6 Å². The van der Waals surface area contributed by atoms with E-state index in [4.69, 9.17) is 16.0 Å². The summed E-state index contributed by atoms with van der Waals surface area (Å²) in [5.41, 5.74) is 0. The lowest BCUT2D eigenvalue weighted by molar-refractivity contribution is 0.444. The van der Waals surface area contributed by atoms with Gasteiger partial charge in [-0.2, -0.15) is 0 Å². The van der Waals surface area contributed by atoms with E-state index in [1.54, 1.807) is 17.6 Å². The van der Waals surface area contributed by atoms with Crippen molar-refractivity contribution in [3.05, 3.63) is 45.5 Å². The van der Waals surface area contributed by atoms with E-state index in [0.29, 0.717) is 0 Å². The van der Waals surface area contributed by atoms with Crippen molar-refractivity contribution in [3.8, 4) is 0 Å². The topological polar surface area (TPSA) is 25.2 Å². The summed E-state index contributed by atoms with van der Waals surface area (Å²) in [7, 11) is 0. The van der Waals surface area contributed by atoms with Crippen LogP contribution in [0.15, 0.2) is 34.9 Å². The first-order valence-electron chi connectivity index (χ1n) is 6.35. The predicted molar refractivity (Wildman–Crippen MR) is 75.2 cm³/mol. The molecule has 2 heterocycles. The Morgan fingerprint density at radius 2 is 2.28 bits per heavy atom. The van der Waals surface area contributed by atoms with Crippen LogP contribution in [0.5, 0.6) is 0 Å². The van der Waals surface area contributed by atoms with Crippen molar-refractivity contribution in [3.63, 3.8) is 0 Å². The molecule has 0 bridgehead atoms. The van der Waals surface area contributed by atoms with Gasteiger partial charge in [0.1, 0.15) is 11.8 Å². The Balaban J connectivity index is 1.70. The van der Waals surface area contributed by atoms with Crippen molar-refractivity contribution >= 4 is 22.9 Å². The van der Waals surface area contributed by atoms with Crippen LogP contribution < -0.4 is 5.32 Å². The first kappa shape index (κ1) is 12.3. The normalized spacial score (nSPS) is 16.9. The van der Waals surface area contributed by atoms with Crippen LogP contribution in [0.25, 0.3) is 0 Å². The molecule has 0 amide bonds. The quantitative estimate of drug-likeness (QED) is 0.845. The van der Waals surface area contributed by atoms with Crippen LogP contribution in [0.3, 0.4) is 0 Å². The molecule has 0 radical (unpaired) electrons. The Bertz CT molecular complexity index is 490. The lowest BCUT2D eigenvalue weighted by Gasteiger charge is -2.15. The molecular weight excluding hydrogens is 266 g/mol. The zero-order valence-corrected chi connectivity index (χ0v) is 11.6. The van der Waals surface area contributed by atoms with Gasteiger partial charge in [0.2, 0.25) is 0 Å². The number of nitrogens with one attached hydrogen (secondary N) is 1. The minimum absolute atomic E-state index is 0.135. The summed E-state index contributed by atoms with van der Waals surface area (Å²) in [5, 5.41) is 3.58. The fraction of sp³-hybridized carbons (Fsp3) is 0.429. The number of thiophene rings is 1. The zero-order valence-electron chi connectivity index (χ0n) is 10.1. The van der Waals surface area contributed by atoms with E-state index < -0.39 is 0 Å². The first-order chi connectivity index (χ1) is 8.83. The highest BCUT2D eigenvalue weighted by atomic mass is 35.5. The minimum Gasteiger partial charge on any atom is -0.467 e. The lowest BCUT2D eigenvalue weighted by Crippen LogP contribution is -2.22. The largest absolute Gasteiger partial charge is 0.467 e. The van der Waals surface area contributed by atoms with E-state index in [1.165, 1.54) is 24.1 Å². The predicted octanol–water partition coefficient (Wildman–Crippen LogP) is 4.47. The molecule has 4 heteroatoms. The van der Waals surface area contributed by atoms with E-state index in [-0.39, 0.29) is 6.04 Å². The van der Waals surface area contributed by atoms with E-state index >= 15 is 0 Å². The molecule has 0 saturated heterocycles. The summed E-state index contributed by atoms with van der Waals surface area (Å²) in [6.07, 6.45) is 5.78. The molecule has 1 aliphatic rings. The van der Waals surface area contributed by atoms with Gasteiger partial charge < -0.3 is 9.73 Å². The Labute approximate surface area is 116 Å². The van der Waals surface area contributed by atoms with Crippen LogP contribution >= 0.6 is 22.9 Å². The molecule has 1 saturated carbocycles. The van der Waals surface area contributed by atoms with Crippen molar-refractivity contribution in [1.29, 1.82) is 0 Å². The Hall–Kier alpha value is -0.770. The maximum atomic E-state index is 6.02. The highest BCUT2D eigenvalue weighted by Crippen LogP contribution is 2.34. The van der Waals surface area contributed by atoms with Crippen LogP contribution in [-0.2, 0) is 0 Å². The molecule has 0 aromatic carbocycles. The van der Waals surface area contributed by atoms with E-state index in [9.17, 15) is 0 Å². The van der Waals surface area contributed by atoms with Crippen LogP contribution in [-0.4, -0.2) is 6.54 Å². The van der Waals surface area contributed by atoms with Gasteiger partial charge in [0.25, 0.3) is 0 Å². The van der Waals surface area contributed by atoms with Crippen molar-refractivity contribution < 1.29 is 4.42 Å². The standard InChI is InChI=1S/C14H16ClNOS/c15-13-6-5-12(18-13)14(11-2-1-9-17-11)16-8-7-10-3-4-10/h1-2,5-6,9-10,14,16H,3-4,7-8H2. The molecule has 2 nitrogen and oxygen atoms in total. The monoisotopic (exact) mass is 281 g/mol. The molecule has 1 fully saturated rings. The molecule has 2 aromatic rings. The number of furan rings is 1. The van der Waals surface area contributed by atoms with Crippen LogP contribution in [0.4, 0.5) is 0 Å². The van der Waals surface area contributed by atoms with Crippen molar-refractivity contribution in [2.45, 2.75) is 25.3 Å². The number of hydrogen-bond acceptors (Lipinski definition) is 3. The number of rotatable bonds is 6. The average Bonchev–Trinajstić information content (AvgIpc) is 2.87. The maximum absolute atomic E-state index is 6.02. The van der Waals surface area contributed by atoms with Gasteiger partial charge in [0.15, 0.2) is 0 Å². The smallest absolute Gasteiger partial charge is 0.126 e. The van der Waals surface area contributed by atoms with Crippen molar-refractivity contribution in [1.82, 2.24) is 5.32 Å². The van der Waals surface area contributed by atoms with Gasteiger partial charge in [-0.3, -0.25) is 0 Å². The summed E-state index contributed by atoms with van der Waals surface area (Å²) >= 11 is 7.63. The third-order valence-corrected chi connectivity index (χ3v) is 4.60. The van der Waals surface area contributed by atoms with Gasteiger partial charge in [-0.1, -0.05) is 24.4 Å². The highest BCUT2D eigenvalue weighted by Gasteiger charge is 2.23. The van der Waals surface area contributed by atoms with Gasteiger partial charge in [-0.15, -0.1) is 11.3 Å². The fourth-order valence-corrected chi connectivity index (χ4v) is 3.26. The molecule has 1 N–H and O–H groups in total. The summed E-state index contributed by atoms with van der Waals surface area (Å²) in [6.45, 7) is 1.03. The third-order valence-electron chi connectivity index (χ3n) is 3.30. The summed E-state index contributed by atoms with van der Waals surface area (Å²) in [6, 6.07) is 8.10. The average molecular weight is 282 g/mol. The molecular formula is C14H16ClNOS. The van der Waals surface area contributed by atoms with Gasteiger partial charge in [0, 0.05) is 4.88 Å². The second-order valence-electron chi connectivity index (χ2n) is 4.78. The summed E-state index contributed by atoms with van der Waals surface area (Å²) < 4.78 is 6.36. The van der Waals surface area contributed by atoms with Crippen molar-refractivity contribution in [2.24, 2.45) is 5.92 Å². The van der Waals surface area contributed by atoms with E-state index in [0.717, 1.165) is 22.6 Å². The molecule has 0 aliphatic heterocycles. The Morgan fingerprint density at radius 1 is 1.39 bits per heavy atom. The van der Waals surface area contributed by atoms with Crippen LogP contribution in [0.2, 0.25) is 4.34 Å². The molecule has 18 heavy (non-hydrogen) atoms. The van der Waals surface area contributed by atoms with Gasteiger partial charge in [-0.05, 0) is 43.1 Å². The number of hydrogen-bond donors (Lipinski definition) is 1. The minimum atomic E-state index is 0.135. The second kappa shape index (κ2) is 5.47. The van der Waals surface area contributed by atoms with Gasteiger partial charge >= 0.3 is 0 Å². The number of halogens is 1. The van der Waals surface area contributed by atoms with Crippen molar-refractivity contribution in [2.75, 3.05) is 6.54 Å². The second-order valence-corrected chi connectivity index (χ2v) is 6.52. The fourth-order valence-electron chi connectivity index (χ4n) is 2.12. The van der Waals surface area contributed by atoms with Gasteiger partial charge in [-0.25, -0.2) is 0 Å². The third kappa shape index (κ3) is 2.97. The summed E-state index contributed by atoms with van der Waals surface area (Å²) in [5.74, 6) is 1.91. The Kier molecular flexibility index (Phi) is 3.73. The Morgan fingerprint density at radius 3 is 2.89 bits per heavy atom. The molecule has 0 spiro atoms. The lowest BCUT2D eigenvalue weighted by atomic mass is 10.1. The molecule has 1 aliphatic carbocycles. The van der Waals surface area contributed by atoms with E-state index in [1.807, 2.05) is 18.2 Å². The zero-order chi connectivity index (χ0) is 12.4. The highest BCUT2D eigenvalue weighted by molar-refractivity contribution is 7.16. The molecule has 1 atom stereocenters. The molecule has 1 unspecified atom stereocenters. The van der Waals surface area contributed by atoms with E-state index in [2.05, 4.69) is 11.4 Å². The summed E-state index contributed by atoms with van der Waals surface area (Å²) in [4.78, 5) is 1.21. The maximum Gasteiger partial charge on any atom is 0.126 e. The van der Waals surface area contributed by atoms with Crippen LogP contribution in [0, 0.1) is 5.92 Å². The molecule has 96 valence electrons. The molecule has 2 aromatic heterocycles. The SMILES string of the molecule is Clc1ccc(C(NCCC2CC2)c2ccco2)s1. The molecule has 3 rings (SSSR count).